The van der Waals surface area contributed by atoms with Gasteiger partial charge >= 0.3 is 6.36 Å². The number of halogens is 3. The second kappa shape index (κ2) is 11.9. The SMILES string of the molecule is CCOc1ccccc1/C=C1/N=C(SCC(=O)Nc2ccc(OC(F)(F)F)cc2)N(c2ccccc2)C1=O. The Hall–Kier alpha value is -4.25. The number of anilines is 2. The first-order chi connectivity index (χ1) is 18.2. The summed E-state index contributed by atoms with van der Waals surface area (Å²) < 4.78 is 46.5. The quantitative estimate of drug-likeness (QED) is 0.349. The number of nitrogens with one attached hydrogen (secondary N) is 1. The van der Waals surface area contributed by atoms with Gasteiger partial charge in [0, 0.05) is 11.3 Å². The van der Waals surface area contributed by atoms with E-state index in [4.69, 9.17) is 4.74 Å². The Morgan fingerprint density at radius 2 is 1.71 bits per heavy atom. The fraction of sp³-hybridized carbons (Fsp3) is 0.148. The number of alkyl halides is 3. The average molecular weight is 542 g/mol. The van der Waals surface area contributed by atoms with E-state index in [1.165, 1.54) is 17.0 Å². The van der Waals surface area contributed by atoms with E-state index in [9.17, 15) is 22.8 Å². The van der Waals surface area contributed by atoms with E-state index in [1.54, 1.807) is 36.4 Å². The predicted octanol–water partition coefficient (Wildman–Crippen LogP) is 6.10. The van der Waals surface area contributed by atoms with Crippen LogP contribution in [0.5, 0.6) is 11.5 Å². The second-order valence-corrected chi connectivity index (χ2v) is 8.72. The number of ether oxygens (including phenoxy) is 2. The zero-order valence-corrected chi connectivity index (χ0v) is 20.9. The van der Waals surface area contributed by atoms with Crippen molar-refractivity contribution in [1.82, 2.24) is 0 Å². The van der Waals surface area contributed by atoms with Crippen LogP contribution in [0.4, 0.5) is 24.5 Å². The third kappa shape index (κ3) is 6.94. The molecule has 0 fully saturated rings. The zero-order valence-electron chi connectivity index (χ0n) is 20.1. The molecule has 1 heterocycles. The van der Waals surface area contributed by atoms with Gasteiger partial charge in [-0.1, -0.05) is 48.2 Å². The number of amides is 2. The van der Waals surface area contributed by atoms with Crippen molar-refractivity contribution in [3.8, 4) is 11.5 Å². The number of hydrogen-bond donors (Lipinski definition) is 1. The van der Waals surface area contributed by atoms with Crippen molar-refractivity contribution in [2.75, 3.05) is 22.6 Å². The van der Waals surface area contributed by atoms with Gasteiger partial charge in [-0.2, -0.15) is 0 Å². The van der Waals surface area contributed by atoms with Crippen LogP contribution < -0.4 is 19.7 Å². The molecule has 0 radical (unpaired) electrons. The van der Waals surface area contributed by atoms with E-state index >= 15 is 0 Å². The van der Waals surface area contributed by atoms with Gasteiger partial charge in [-0.15, -0.1) is 13.2 Å². The van der Waals surface area contributed by atoms with Crippen molar-refractivity contribution in [1.29, 1.82) is 0 Å². The molecule has 0 atom stereocenters. The topological polar surface area (TPSA) is 80.2 Å². The van der Waals surface area contributed by atoms with Crippen LogP contribution in [0, 0.1) is 0 Å². The molecule has 11 heteroatoms. The summed E-state index contributed by atoms with van der Waals surface area (Å²) in [6.45, 7) is 2.33. The van der Waals surface area contributed by atoms with Gasteiger partial charge in [-0.3, -0.25) is 14.5 Å². The fourth-order valence-electron chi connectivity index (χ4n) is 3.50. The number of amidine groups is 1. The van der Waals surface area contributed by atoms with Crippen LogP contribution in [0.2, 0.25) is 0 Å². The molecule has 0 bridgehead atoms. The van der Waals surface area contributed by atoms with E-state index in [2.05, 4.69) is 15.0 Å². The maximum Gasteiger partial charge on any atom is 0.573 e. The minimum atomic E-state index is -4.80. The molecule has 3 aromatic carbocycles. The summed E-state index contributed by atoms with van der Waals surface area (Å²) in [6.07, 6.45) is -3.16. The third-order valence-corrected chi connectivity index (χ3v) is 6.00. The molecule has 0 unspecified atom stereocenters. The molecule has 3 aromatic rings. The Bertz CT molecular complexity index is 1360. The van der Waals surface area contributed by atoms with E-state index in [-0.39, 0.29) is 17.4 Å². The van der Waals surface area contributed by atoms with Gasteiger partial charge in [0.1, 0.15) is 17.2 Å². The molecule has 4 rings (SSSR count). The summed E-state index contributed by atoms with van der Waals surface area (Å²) in [4.78, 5) is 31.9. The smallest absolute Gasteiger partial charge is 0.493 e. The number of para-hydroxylation sites is 2. The summed E-state index contributed by atoms with van der Waals surface area (Å²) >= 11 is 1.06. The van der Waals surface area contributed by atoms with E-state index < -0.39 is 18.0 Å². The molecule has 1 aliphatic rings. The van der Waals surface area contributed by atoms with Crippen LogP contribution in [0.1, 0.15) is 12.5 Å². The van der Waals surface area contributed by atoms with Crippen LogP contribution in [0.15, 0.2) is 89.6 Å². The third-order valence-electron chi connectivity index (χ3n) is 5.06. The lowest BCUT2D eigenvalue weighted by molar-refractivity contribution is -0.274. The molecule has 0 saturated heterocycles. The summed E-state index contributed by atoms with van der Waals surface area (Å²) in [5.41, 5.74) is 1.76. The molecule has 1 N–H and O–H groups in total. The highest BCUT2D eigenvalue weighted by Gasteiger charge is 2.33. The normalized spacial score (nSPS) is 14.4. The molecule has 196 valence electrons. The lowest BCUT2D eigenvalue weighted by atomic mass is 10.1. The minimum Gasteiger partial charge on any atom is -0.493 e. The number of hydrogen-bond acceptors (Lipinski definition) is 6. The molecule has 0 aromatic heterocycles. The van der Waals surface area contributed by atoms with Crippen molar-refractivity contribution in [3.05, 3.63) is 90.1 Å². The maximum atomic E-state index is 13.4. The van der Waals surface area contributed by atoms with Gasteiger partial charge < -0.3 is 14.8 Å². The highest BCUT2D eigenvalue weighted by atomic mass is 32.2. The zero-order chi connectivity index (χ0) is 27.1. The largest absolute Gasteiger partial charge is 0.573 e. The number of aliphatic imine (C=N–C) groups is 1. The van der Waals surface area contributed by atoms with E-state index in [0.29, 0.717) is 34.5 Å². The lowest BCUT2D eigenvalue weighted by Gasteiger charge is -2.17. The van der Waals surface area contributed by atoms with Crippen LogP contribution in [0.3, 0.4) is 0 Å². The molecule has 7 nitrogen and oxygen atoms in total. The van der Waals surface area contributed by atoms with Crippen LogP contribution in [-0.4, -0.2) is 35.7 Å². The van der Waals surface area contributed by atoms with Crippen LogP contribution in [0.25, 0.3) is 6.08 Å². The second-order valence-electron chi connectivity index (χ2n) is 7.78. The Balaban J connectivity index is 1.50. The molecular formula is C27H22F3N3O4S. The summed E-state index contributed by atoms with van der Waals surface area (Å²) in [5, 5.41) is 2.92. The Morgan fingerprint density at radius 1 is 1.03 bits per heavy atom. The van der Waals surface area contributed by atoms with Crippen LogP contribution >= 0.6 is 11.8 Å². The van der Waals surface area contributed by atoms with Crippen molar-refractivity contribution < 1.29 is 32.2 Å². The van der Waals surface area contributed by atoms with Crippen molar-refractivity contribution >= 4 is 46.2 Å². The molecule has 0 saturated carbocycles. The number of carbonyl (C=O) groups is 2. The van der Waals surface area contributed by atoms with Crippen molar-refractivity contribution in [2.24, 2.45) is 4.99 Å². The standard InChI is InChI=1S/C27H22F3N3O4S/c1-2-36-23-11-7-6-8-18(23)16-22-25(35)33(20-9-4-3-5-10-20)26(32-22)38-17-24(34)31-19-12-14-21(15-13-19)37-27(28,29)30/h3-16H,2,17H2,1H3,(H,31,34)/b22-16+. The molecular weight excluding hydrogens is 519 g/mol. The Labute approximate surface area is 221 Å². The Kier molecular flexibility index (Phi) is 8.37. The van der Waals surface area contributed by atoms with E-state index in [0.717, 1.165) is 23.9 Å². The molecule has 0 spiro atoms. The minimum absolute atomic E-state index is 0.0982. The highest BCUT2D eigenvalue weighted by Crippen LogP contribution is 2.31. The number of carbonyl (C=O) groups excluding carboxylic acids is 2. The van der Waals surface area contributed by atoms with Crippen molar-refractivity contribution in [3.63, 3.8) is 0 Å². The van der Waals surface area contributed by atoms with Gasteiger partial charge in [0.25, 0.3) is 5.91 Å². The van der Waals surface area contributed by atoms with Gasteiger partial charge in [-0.05, 0) is 55.5 Å². The van der Waals surface area contributed by atoms with Gasteiger partial charge in [0.15, 0.2) is 5.17 Å². The average Bonchev–Trinajstić information content (AvgIpc) is 3.19. The van der Waals surface area contributed by atoms with Crippen molar-refractivity contribution in [2.45, 2.75) is 13.3 Å². The first-order valence-electron chi connectivity index (χ1n) is 11.4. The van der Waals surface area contributed by atoms with Gasteiger partial charge in [-0.25, -0.2) is 4.99 Å². The number of thioether (sulfide) groups is 1. The number of benzene rings is 3. The van der Waals surface area contributed by atoms with E-state index in [1.807, 2.05) is 31.2 Å². The molecule has 1 aliphatic heterocycles. The predicted molar refractivity (Wildman–Crippen MR) is 141 cm³/mol. The lowest BCUT2D eigenvalue weighted by Crippen LogP contribution is -2.31. The summed E-state index contributed by atoms with van der Waals surface area (Å²) in [5.74, 6) is -0.664. The molecule has 0 aliphatic carbocycles. The first kappa shape index (κ1) is 26.8. The highest BCUT2D eigenvalue weighted by molar-refractivity contribution is 8.14. The number of rotatable bonds is 8. The Morgan fingerprint density at radius 3 is 2.39 bits per heavy atom. The fourth-order valence-corrected chi connectivity index (χ4v) is 4.31. The monoisotopic (exact) mass is 541 g/mol. The molecule has 38 heavy (non-hydrogen) atoms. The number of nitrogens with zero attached hydrogens (tertiary/aromatic N) is 2. The maximum absolute atomic E-state index is 13.4. The van der Waals surface area contributed by atoms with Gasteiger partial charge in [0.2, 0.25) is 5.91 Å². The van der Waals surface area contributed by atoms with Gasteiger partial charge in [0.05, 0.1) is 18.0 Å². The summed E-state index contributed by atoms with van der Waals surface area (Å²) in [6, 6.07) is 21.0. The first-order valence-corrected chi connectivity index (χ1v) is 12.4. The molecule has 2 amide bonds. The summed E-state index contributed by atoms with van der Waals surface area (Å²) in [7, 11) is 0. The van der Waals surface area contributed by atoms with Crippen LogP contribution in [-0.2, 0) is 9.59 Å².